The number of aliphatic hydroxyl groups is 1. The zero-order valence-corrected chi connectivity index (χ0v) is 12.2. The summed E-state index contributed by atoms with van der Waals surface area (Å²) < 4.78 is 0. The summed E-state index contributed by atoms with van der Waals surface area (Å²) in [6, 6.07) is 0. The molecule has 0 aromatic carbocycles. The fourth-order valence-corrected chi connectivity index (χ4v) is 4.00. The lowest BCUT2D eigenvalue weighted by molar-refractivity contribution is 0.133. The normalized spacial score (nSPS) is 36.3. The molecule has 4 atom stereocenters. The molecule has 0 aliphatic heterocycles. The van der Waals surface area contributed by atoms with Gasteiger partial charge in [0.25, 0.3) is 0 Å². The maximum Gasteiger partial charge on any atom is 0.0610 e. The number of fused-ring (bicyclic) bond motifs is 1. The minimum atomic E-state index is -0.0824. The van der Waals surface area contributed by atoms with Gasteiger partial charge in [-0.2, -0.15) is 0 Å². The Bertz CT molecular complexity index is 336. The molecule has 2 aliphatic rings. The van der Waals surface area contributed by atoms with Crippen molar-refractivity contribution in [2.45, 2.75) is 65.4 Å². The van der Waals surface area contributed by atoms with E-state index in [-0.39, 0.29) is 6.10 Å². The van der Waals surface area contributed by atoms with Crippen molar-refractivity contribution in [1.29, 1.82) is 0 Å². The first kappa shape index (κ1) is 13.9. The average molecular weight is 248 g/mol. The lowest BCUT2D eigenvalue weighted by Gasteiger charge is -2.30. The molecule has 102 valence electrons. The van der Waals surface area contributed by atoms with Crippen LogP contribution in [0.25, 0.3) is 0 Å². The molecule has 0 spiro atoms. The standard InChI is InChI=1S/C17H28O/c1-12(2)7-6-8-13(3)17-15-10-5-4-9-14(15)11-16(17)18/h7-8,14-18H,4-6,9-11H2,1-3H3/b13-8+/t14-,15+,16+,17-/m1/s1. The van der Waals surface area contributed by atoms with Crippen LogP contribution in [0.2, 0.25) is 0 Å². The van der Waals surface area contributed by atoms with E-state index < -0.39 is 0 Å². The Morgan fingerprint density at radius 2 is 1.83 bits per heavy atom. The lowest BCUT2D eigenvalue weighted by atomic mass is 9.76. The van der Waals surface area contributed by atoms with Crippen LogP contribution in [-0.4, -0.2) is 11.2 Å². The maximum absolute atomic E-state index is 10.3. The van der Waals surface area contributed by atoms with Gasteiger partial charge in [0.1, 0.15) is 0 Å². The topological polar surface area (TPSA) is 20.2 Å². The van der Waals surface area contributed by atoms with Gasteiger partial charge < -0.3 is 5.11 Å². The van der Waals surface area contributed by atoms with Crippen LogP contribution in [0.5, 0.6) is 0 Å². The van der Waals surface area contributed by atoms with Crippen LogP contribution in [0.1, 0.15) is 59.3 Å². The highest BCUT2D eigenvalue weighted by atomic mass is 16.3. The Hall–Kier alpha value is -0.560. The predicted octanol–water partition coefficient (Wildman–Crippen LogP) is 4.48. The number of hydrogen-bond acceptors (Lipinski definition) is 1. The van der Waals surface area contributed by atoms with Crippen molar-refractivity contribution in [3.05, 3.63) is 23.3 Å². The summed E-state index contributed by atoms with van der Waals surface area (Å²) in [5.41, 5.74) is 2.80. The van der Waals surface area contributed by atoms with Crippen LogP contribution < -0.4 is 0 Å². The molecule has 0 heterocycles. The summed E-state index contributed by atoms with van der Waals surface area (Å²) in [6.45, 7) is 6.51. The molecule has 1 heteroatoms. The Kier molecular flexibility index (Phi) is 4.66. The van der Waals surface area contributed by atoms with Crippen LogP contribution >= 0.6 is 0 Å². The van der Waals surface area contributed by atoms with Crippen molar-refractivity contribution in [1.82, 2.24) is 0 Å². The van der Waals surface area contributed by atoms with Gasteiger partial charge in [-0.3, -0.25) is 0 Å². The first-order valence-corrected chi connectivity index (χ1v) is 7.57. The highest BCUT2D eigenvalue weighted by Gasteiger charge is 2.43. The van der Waals surface area contributed by atoms with Crippen molar-refractivity contribution >= 4 is 0 Å². The molecule has 2 saturated carbocycles. The third-order valence-electron chi connectivity index (χ3n) is 4.88. The minimum Gasteiger partial charge on any atom is -0.392 e. The maximum atomic E-state index is 10.3. The van der Waals surface area contributed by atoms with Crippen molar-refractivity contribution in [2.24, 2.45) is 17.8 Å². The molecule has 2 fully saturated rings. The summed E-state index contributed by atoms with van der Waals surface area (Å²) in [6.07, 6.45) is 12.0. The number of rotatable bonds is 3. The molecule has 0 aromatic heterocycles. The second-order valence-corrected chi connectivity index (χ2v) is 6.50. The van der Waals surface area contributed by atoms with Crippen LogP contribution in [-0.2, 0) is 0 Å². The van der Waals surface area contributed by atoms with Crippen molar-refractivity contribution in [3.8, 4) is 0 Å². The van der Waals surface area contributed by atoms with Crippen molar-refractivity contribution < 1.29 is 5.11 Å². The fraction of sp³-hybridized carbons (Fsp3) is 0.765. The van der Waals surface area contributed by atoms with Crippen LogP contribution in [0.3, 0.4) is 0 Å². The molecule has 0 aromatic rings. The van der Waals surface area contributed by atoms with Crippen LogP contribution in [0.4, 0.5) is 0 Å². The first-order valence-electron chi connectivity index (χ1n) is 7.57. The average Bonchev–Trinajstić information content (AvgIpc) is 2.64. The number of aliphatic hydroxyl groups excluding tert-OH is 1. The molecule has 0 saturated heterocycles. The van der Waals surface area contributed by atoms with Crippen molar-refractivity contribution in [3.63, 3.8) is 0 Å². The summed E-state index contributed by atoms with van der Waals surface area (Å²) in [5.74, 6) is 2.00. The van der Waals surface area contributed by atoms with Crippen molar-refractivity contribution in [2.75, 3.05) is 0 Å². The quantitative estimate of drug-likeness (QED) is 0.730. The monoisotopic (exact) mass is 248 g/mol. The molecule has 18 heavy (non-hydrogen) atoms. The van der Waals surface area contributed by atoms with Gasteiger partial charge in [0.15, 0.2) is 0 Å². The molecule has 0 unspecified atom stereocenters. The molecule has 1 N–H and O–H groups in total. The van der Waals surface area contributed by atoms with E-state index in [4.69, 9.17) is 0 Å². The molecule has 1 nitrogen and oxygen atoms in total. The van der Waals surface area contributed by atoms with Gasteiger partial charge in [0.05, 0.1) is 6.10 Å². The van der Waals surface area contributed by atoms with Gasteiger partial charge in [0.2, 0.25) is 0 Å². The van der Waals surface area contributed by atoms with E-state index in [1.165, 1.54) is 36.8 Å². The second kappa shape index (κ2) is 6.06. The molecule has 2 rings (SSSR count). The summed E-state index contributed by atoms with van der Waals surface area (Å²) >= 11 is 0. The Morgan fingerprint density at radius 3 is 2.56 bits per heavy atom. The molecular weight excluding hydrogens is 220 g/mol. The third kappa shape index (κ3) is 3.06. The van der Waals surface area contributed by atoms with Gasteiger partial charge in [-0.1, -0.05) is 42.6 Å². The smallest absolute Gasteiger partial charge is 0.0610 e. The molecule has 0 bridgehead atoms. The SMILES string of the molecule is CC(C)=CC/C=C(\C)[C@@H]1[C@H]2CCCC[C@@H]2C[C@@H]1O. The largest absolute Gasteiger partial charge is 0.392 e. The third-order valence-corrected chi connectivity index (χ3v) is 4.88. The Morgan fingerprint density at radius 1 is 1.11 bits per heavy atom. The van der Waals surface area contributed by atoms with E-state index in [9.17, 15) is 5.11 Å². The summed E-state index contributed by atoms with van der Waals surface area (Å²) in [4.78, 5) is 0. The van der Waals surface area contributed by atoms with Crippen LogP contribution in [0, 0.1) is 17.8 Å². The highest BCUT2D eigenvalue weighted by molar-refractivity contribution is 5.14. The Labute approximate surface area is 112 Å². The minimum absolute atomic E-state index is 0.0824. The van der Waals surface area contributed by atoms with Gasteiger partial charge in [-0.05, 0) is 51.9 Å². The second-order valence-electron chi connectivity index (χ2n) is 6.50. The molecule has 0 amide bonds. The van der Waals surface area contributed by atoms with E-state index in [0.717, 1.165) is 24.7 Å². The first-order chi connectivity index (χ1) is 8.59. The van der Waals surface area contributed by atoms with E-state index in [1.54, 1.807) is 0 Å². The number of allylic oxidation sites excluding steroid dienone is 3. The summed E-state index contributed by atoms with van der Waals surface area (Å²) in [5, 5.41) is 10.3. The van der Waals surface area contributed by atoms with E-state index in [1.807, 2.05) is 0 Å². The van der Waals surface area contributed by atoms with E-state index in [0.29, 0.717) is 5.92 Å². The fourth-order valence-electron chi connectivity index (χ4n) is 4.00. The zero-order valence-electron chi connectivity index (χ0n) is 12.2. The number of hydrogen-bond donors (Lipinski definition) is 1. The lowest BCUT2D eigenvalue weighted by Crippen LogP contribution is -2.23. The zero-order chi connectivity index (χ0) is 13.1. The van der Waals surface area contributed by atoms with Gasteiger partial charge in [0, 0.05) is 5.92 Å². The predicted molar refractivity (Wildman–Crippen MR) is 77.4 cm³/mol. The molecule has 2 aliphatic carbocycles. The van der Waals surface area contributed by atoms with Crippen LogP contribution in [0.15, 0.2) is 23.3 Å². The van der Waals surface area contributed by atoms with E-state index >= 15 is 0 Å². The molecular formula is C17H28O. The van der Waals surface area contributed by atoms with Gasteiger partial charge >= 0.3 is 0 Å². The summed E-state index contributed by atoms with van der Waals surface area (Å²) in [7, 11) is 0. The Balaban J connectivity index is 2.04. The van der Waals surface area contributed by atoms with E-state index in [2.05, 4.69) is 32.9 Å². The highest BCUT2D eigenvalue weighted by Crippen LogP contribution is 2.48. The van der Waals surface area contributed by atoms with Gasteiger partial charge in [-0.25, -0.2) is 0 Å². The molecule has 0 radical (unpaired) electrons. The van der Waals surface area contributed by atoms with Gasteiger partial charge in [-0.15, -0.1) is 0 Å².